The highest BCUT2D eigenvalue weighted by molar-refractivity contribution is 5.85. The molecule has 0 fully saturated rings. The van der Waals surface area contributed by atoms with Gasteiger partial charge < -0.3 is 5.73 Å². The van der Waals surface area contributed by atoms with Crippen LogP contribution in [0.2, 0.25) is 0 Å². The topological polar surface area (TPSA) is 26.0 Å². The Morgan fingerprint density at radius 3 is 2.15 bits per heavy atom. The first-order chi connectivity index (χ1) is 5.41. The van der Waals surface area contributed by atoms with E-state index in [9.17, 15) is 8.78 Å². The van der Waals surface area contributed by atoms with Gasteiger partial charge in [0.15, 0.2) is 0 Å². The summed E-state index contributed by atoms with van der Waals surface area (Å²) in [6.45, 7) is 3.34. The second-order valence-corrected chi connectivity index (χ2v) is 3.35. The normalized spacial score (nSPS) is 10.8. The third-order valence-corrected chi connectivity index (χ3v) is 1.63. The van der Waals surface area contributed by atoms with E-state index >= 15 is 0 Å². The van der Waals surface area contributed by atoms with E-state index in [2.05, 4.69) is 0 Å². The van der Waals surface area contributed by atoms with Gasteiger partial charge in [0.05, 0.1) is 0 Å². The van der Waals surface area contributed by atoms with Crippen LogP contribution in [0.5, 0.6) is 0 Å². The largest absolute Gasteiger partial charge is 0.322 e. The fourth-order valence-corrected chi connectivity index (χ4v) is 1.01. The van der Waals surface area contributed by atoms with Gasteiger partial charge in [0, 0.05) is 17.2 Å². The molecule has 0 aliphatic rings. The molecule has 0 aromatic heterocycles. The first-order valence-electron chi connectivity index (χ1n) is 3.65. The van der Waals surface area contributed by atoms with E-state index in [1.807, 2.05) is 0 Å². The molecule has 0 atom stereocenters. The van der Waals surface area contributed by atoms with Crippen molar-refractivity contribution in [1.29, 1.82) is 0 Å². The van der Waals surface area contributed by atoms with Crippen LogP contribution < -0.4 is 5.73 Å². The minimum atomic E-state index is -0.766. The van der Waals surface area contributed by atoms with Crippen molar-refractivity contribution in [3.8, 4) is 0 Å². The van der Waals surface area contributed by atoms with E-state index in [1.54, 1.807) is 13.8 Å². The zero-order valence-electron chi connectivity index (χ0n) is 7.47. The number of nitrogens with two attached hydrogens (primary N) is 1. The molecule has 2 N–H and O–H groups in total. The van der Waals surface area contributed by atoms with Gasteiger partial charge in [-0.3, -0.25) is 0 Å². The smallest absolute Gasteiger partial charge is 0.131 e. The van der Waals surface area contributed by atoms with Crippen molar-refractivity contribution in [2.45, 2.75) is 19.4 Å². The Hall–Kier alpha value is -0.670. The lowest BCUT2D eigenvalue weighted by molar-refractivity contribution is 0.493. The van der Waals surface area contributed by atoms with Gasteiger partial charge in [0.25, 0.3) is 0 Å². The van der Waals surface area contributed by atoms with Crippen molar-refractivity contribution in [1.82, 2.24) is 0 Å². The van der Waals surface area contributed by atoms with Crippen LogP contribution >= 0.6 is 12.4 Å². The second-order valence-electron chi connectivity index (χ2n) is 3.35. The average molecular weight is 208 g/mol. The van der Waals surface area contributed by atoms with E-state index in [1.165, 1.54) is 12.1 Å². The van der Waals surface area contributed by atoms with Crippen LogP contribution in [0.3, 0.4) is 0 Å². The molecule has 0 saturated carbocycles. The summed E-state index contributed by atoms with van der Waals surface area (Å²) in [7, 11) is 0. The van der Waals surface area contributed by atoms with Crippen molar-refractivity contribution in [3.05, 3.63) is 35.4 Å². The molecule has 4 heteroatoms. The predicted octanol–water partition coefficient (Wildman–Crippen LogP) is 2.58. The maximum absolute atomic E-state index is 13.0. The van der Waals surface area contributed by atoms with Gasteiger partial charge in [-0.25, -0.2) is 8.78 Å². The molecule has 0 aliphatic heterocycles. The summed E-state index contributed by atoms with van der Waals surface area (Å²) in [6.07, 6.45) is 0. The van der Waals surface area contributed by atoms with Crippen LogP contribution in [-0.2, 0) is 5.54 Å². The standard InChI is InChI=1S/C9H11F2N.ClH/c1-9(2,12)7-4-3-6(10)5-8(7)11;/h3-5H,12H2,1-2H3;1H. The molecule has 0 spiro atoms. The molecule has 0 saturated heterocycles. The summed E-state index contributed by atoms with van der Waals surface area (Å²) in [4.78, 5) is 0. The van der Waals surface area contributed by atoms with Gasteiger partial charge in [-0.1, -0.05) is 6.07 Å². The molecule has 1 aromatic carbocycles. The average Bonchev–Trinajstić information content (AvgIpc) is 1.83. The monoisotopic (exact) mass is 207 g/mol. The maximum Gasteiger partial charge on any atom is 0.131 e. The molecule has 1 rings (SSSR count). The summed E-state index contributed by atoms with van der Waals surface area (Å²) in [5.74, 6) is -1.18. The van der Waals surface area contributed by atoms with E-state index in [0.717, 1.165) is 6.07 Å². The van der Waals surface area contributed by atoms with Crippen molar-refractivity contribution in [2.75, 3.05) is 0 Å². The molecule has 1 aromatic rings. The first kappa shape index (κ1) is 12.3. The Balaban J connectivity index is 0.00000144. The van der Waals surface area contributed by atoms with E-state index in [0.29, 0.717) is 5.56 Å². The summed E-state index contributed by atoms with van der Waals surface area (Å²) in [5.41, 5.74) is 5.20. The number of hydrogen-bond acceptors (Lipinski definition) is 1. The number of benzene rings is 1. The summed E-state index contributed by atoms with van der Waals surface area (Å²) < 4.78 is 25.5. The second kappa shape index (κ2) is 4.03. The lowest BCUT2D eigenvalue weighted by Crippen LogP contribution is -2.29. The Labute approximate surface area is 82.4 Å². The molecule has 0 unspecified atom stereocenters. The SMILES string of the molecule is CC(C)(N)c1ccc(F)cc1F.Cl. The van der Waals surface area contributed by atoms with Crippen molar-refractivity contribution < 1.29 is 8.78 Å². The predicted molar refractivity (Wildman–Crippen MR) is 50.8 cm³/mol. The lowest BCUT2D eigenvalue weighted by atomic mass is 9.95. The van der Waals surface area contributed by atoms with Gasteiger partial charge in [-0.15, -0.1) is 12.4 Å². The van der Waals surface area contributed by atoms with E-state index in [-0.39, 0.29) is 12.4 Å². The molecule has 1 nitrogen and oxygen atoms in total. The lowest BCUT2D eigenvalue weighted by Gasteiger charge is -2.19. The van der Waals surface area contributed by atoms with Gasteiger partial charge in [-0.2, -0.15) is 0 Å². The van der Waals surface area contributed by atoms with Crippen LogP contribution in [0.1, 0.15) is 19.4 Å². The number of halogens is 3. The summed E-state index contributed by atoms with van der Waals surface area (Å²) in [6, 6.07) is 3.40. The van der Waals surface area contributed by atoms with Gasteiger partial charge >= 0.3 is 0 Å². The van der Waals surface area contributed by atoms with Crippen LogP contribution in [0.4, 0.5) is 8.78 Å². The number of hydrogen-bond donors (Lipinski definition) is 1. The fourth-order valence-electron chi connectivity index (χ4n) is 1.01. The zero-order chi connectivity index (χ0) is 9.35. The molecule has 74 valence electrons. The van der Waals surface area contributed by atoms with Crippen LogP contribution in [0.15, 0.2) is 18.2 Å². The molecule has 13 heavy (non-hydrogen) atoms. The van der Waals surface area contributed by atoms with Crippen LogP contribution in [-0.4, -0.2) is 0 Å². The summed E-state index contributed by atoms with van der Waals surface area (Å²) >= 11 is 0. The van der Waals surface area contributed by atoms with Crippen LogP contribution in [0.25, 0.3) is 0 Å². The molecule has 0 amide bonds. The van der Waals surface area contributed by atoms with E-state index < -0.39 is 17.2 Å². The molecule has 0 aliphatic carbocycles. The third kappa shape index (κ3) is 2.94. The van der Waals surface area contributed by atoms with Crippen molar-refractivity contribution in [3.63, 3.8) is 0 Å². The zero-order valence-corrected chi connectivity index (χ0v) is 8.29. The quantitative estimate of drug-likeness (QED) is 0.753. The molecular weight excluding hydrogens is 196 g/mol. The highest BCUT2D eigenvalue weighted by Gasteiger charge is 2.18. The van der Waals surface area contributed by atoms with Gasteiger partial charge in [-0.05, 0) is 19.9 Å². The highest BCUT2D eigenvalue weighted by Crippen LogP contribution is 2.20. The minimum Gasteiger partial charge on any atom is -0.322 e. The third-order valence-electron chi connectivity index (χ3n) is 1.63. The van der Waals surface area contributed by atoms with Crippen molar-refractivity contribution in [2.24, 2.45) is 5.73 Å². The maximum atomic E-state index is 13.0. The molecule has 0 radical (unpaired) electrons. The Morgan fingerprint density at radius 1 is 1.23 bits per heavy atom. The first-order valence-corrected chi connectivity index (χ1v) is 3.65. The highest BCUT2D eigenvalue weighted by atomic mass is 35.5. The van der Waals surface area contributed by atoms with Crippen molar-refractivity contribution >= 4 is 12.4 Å². The fraction of sp³-hybridized carbons (Fsp3) is 0.333. The van der Waals surface area contributed by atoms with E-state index in [4.69, 9.17) is 5.73 Å². The molecular formula is C9H12ClF2N. The number of rotatable bonds is 1. The molecule has 0 bridgehead atoms. The Kier molecular flexibility index (Phi) is 3.82. The van der Waals surface area contributed by atoms with Gasteiger partial charge in [0.1, 0.15) is 11.6 Å². The Bertz CT molecular complexity index is 294. The molecule has 0 heterocycles. The van der Waals surface area contributed by atoms with Gasteiger partial charge in [0.2, 0.25) is 0 Å². The minimum absolute atomic E-state index is 0. The van der Waals surface area contributed by atoms with Crippen LogP contribution in [0, 0.1) is 11.6 Å². The Morgan fingerprint density at radius 2 is 1.77 bits per heavy atom. The summed E-state index contributed by atoms with van der Waals surface area (Å²) in [5, 5.41) is 0.